The van der Waals surface area contributed by atoms with E-state index in [1.165, 1.54) is 6.33 Å². The van der Waals surface area contributed by atoms with Crippen LogP contribution in [0.2, 0.25) is 0 Å². The number of aliphatic hydroxyl groups is 1. The quantitative estimate of drug-likeness (QED) is 0.655. The molecule has 0 amide bonds. The second kappa shape index (κ2) is 6.84. The largest absolute Gasteiger partial charge is 0.396 e. The molecule has 0 radical (unpaired) electrons. The summed E-state index contributed by atoms with van der Waals surface area (Å²) >= 11 is 0. The number of nitrogens with zero attached hydrogens (tertiary/aromatic N) is 3. The minimum atomic E-state index is 0.275. The topological polar surface area (TPSA) is 97.0 Å². The Balaban J connectivity index is 1.93. The number of nitrogen functional groups attached to an aromatic ring is 1. The Morgan fingerprint density at radius 3 is 2.79 bits per heavy atom. The molecule has 6 heteroatoms. The molecule has 0 unspecified atom stereocenters. The third-order valence-corrected chi connectivity index (χ3v) is 2.90. The van der Waals surface area contributed by atoms with Gasteiger partial charge >= 0.3 is 0 Å². The van der Waals surface area contributed by atoms with Crippen LogP contribution >= 0.6 is 0 Å². The van der Waals surface area contributed by atoms with Crippen LogP contribution in [0.1, 0.15) is 25.7 Å². The van der Waals surface area contributed by atoms with Crippen LogP contribution in [0, 0.1) is 0 Å². The molecule has 0 aliphatic heterocycles. The van der Waals surface area contributed by atoms with E-state index >= 15 is 0 Å². The fraction of sp³-hybridized carbons (Fsp3) is 0.462. The van der Waals surface area contributed by atoms with Gasteiger partial charge in [-0.25, -0.2) is 15.0 Å². The number of rotatable bonds is 7. The van der Waals surface area contributed by atoms with Crippen LogP contribution in [-0.4, -0.2) is 33.2 Å². The maximum absolute atomic E-state index is 8.69. The van der Waals surface area contributed by atoms with E-state index in [2.05, 4.69) is 20.3 Å². The average Bonchev–Trinajstić information content (AvgIpc) is 2.42. The molecule has 6 nitrogen and oxygen atoms in total. The minimum Gasteiger partial charge on any atom is -0.396 e. The van der Waals surface area contributed by atoms with Gasteiger partial charge in [0.15, 0.2) is 5.65 Å². The van der Waals surface area contributed by atoms with Gasteiger partial charge in [-0.1, -0.05) is 12.8 Å². The third kappa shape index (κ3) is 3.75. The standard InChI is InChI=1S/C13H19N5O/c14-11-6-5-10-12(16-9-17-13(10)18-11)15-7-3-1-2-4-8-19/h5-6,9,19H,1-4,7-8H2,(H3,14,15,16,17,18). The molecule has 0 aliphatic carbocycles. The van der Waals surface area contributed by atoms with Gasteiger partial charge in [0.1, 0.15) is 18.0 Å². The van der Waals surface area contributed by atoms with E-state index in [-0.39, 0.29) is 6.61 Å². The summed E-state index contributed by atoms with van der Waals surface area (Å²) in [5.41, 5.74) is 6.24. The fourth-order valence-electron chi connectivity index (χ4n) is 1.90. The lowest BCUT2D eigenvalue weighted by atomic mass is 10.2. The van der Waals surface area contributed by atoms with Gasteiger partial charge in [-0.2, -0.15) is 0 Å². The number of aliphatic hydroxyl groups excluding tert-OH is 1. The average molecular weight is 261 g/mol. The summed E-state index contributed by atoms with van der Waals surface area (Å²) in [6.07, 6.45) is 5.57. The highest BCUT2D eigenvalue weighted by Crippen LogP contribution is 2.18. The number of anilines is 2. The zero-order chi connectivity index (χ0) is 13.5. The van der Waals surface area contributed by atoms with Gasteiger partial charge < -0.3 is 16.2 Å². The SMILES string of the molecule is Nc1ccc2c(NCCCCCCO)ncnc2n1. The van der Waals surface area contributed by atoms with E-state index in [0.29, 0.717) is 11.5 Å². The van der Waals surface area contributed by atoms with Gasteiger partial charge in [0, 0.05) is 13.2 Å². The van der Waals surface area contributed by atoms with Gasteiger partial charge in [-0.15, -0.1) is 0 Å². The summed E-state index contributed by atoms with van der Waals surface area (Å²) in [6.45, 7) is 1.12. The molecule has 2 rings (SSSR count). The normalized spacial score (nSPS) is 10.8. The van der Waals surface area contributed by atoms with Crippen LogP contribution in [0.15, 0.2) is 18.5 Å². The van der Waals surface area contributed by atoms with E-state index in [9.17, 15) is 0 Å². The lowest BCUT2D eigenvalue weighted by Crippen LogP contribution is -2.05. The van der Waals surface area contributed by atoms with Gasteiger partial charge in [-0.05, 0) is 25.0 Å². The van der Waals surface area contributed by atoms with Crippen LogP contribution < -0.4 is 11.1 Å². The summed E-state index contributed by atoms with van der Waals surface area (Å²) in [4.78, 5) is 12.5. The first-order chi connectivity index (χ1) is 9.31. The monoisotopic (exact) mass is 261 g/mol. The highest BCUT2D eigenvalue weighted by atomic mass is 16.2. The van der Waals surface area contributed by atoms with E-state index in [4.69, 9.17) is 10.8 Å². The third-order valence-electron chi connectivity index (χ3n) is 2.90. The Morgan fingerprint density at radius 1 is 1.11 bits per heavy atom. The summed E-state index contributed by atoms with van der Waals surface area (Å²) < 4.78 is 0. The maximum Gasteiger partial charge on any atom is 0.166 e. The van der Waals surface area contributed by atoms with Gasteiger partial charge in [-0.3, -0.25) is 0 Å². The molecule has 0 spiro atoms. The molecular formula is C13H19N5O. The molecule has 0 aliphatic rings. The van der Waals surface area contributed by atoms with Crippen molar-refractivity contribution in [3.05, 3.63) is 18.5 Å². The van der Waals surface area contributed by atoms with Crippen molar-refractivity contribution in [3.8, 4) is 0 Å². The van der Waals surface area contributed by atoms with Crippen molar-refractivity contribution in [3.63, 3.8) is 0 Å². The second-order valence-corrected chi connectivity index (χ2v) is 4.39. The molecule has 0 saturated carbocycles. The van der Waals surface area contributed by atoms with Crippen LogP contribution in [-0.2, 0) is 0 Å². The minimum absolute atomic E-state index is 0.275. The predicted molar refractivity (Wildman–Crippen MR) is 75.8 cm³/mol. The molecule has 2 aromatic rings. The van der Waals surface area contributed by atoms with E-state index in [0.717, 1.165) is 43.4 Å². The zero-order valence-corrected chi connectivity index (χ0v) is 10.8. The van der Waals surface area contributed by atoms with Crippen LogP contribution in [0.25, 0.3) is 11.0 Å². The second-order valence-electron chi connectivity index (χ2n) is 4.39. The van der Waals surface area contributed by atoms with Gasteiger partial charge in [0.2, 0.25) is 0 Å². The molecule has 0 aromatic carbocycles. The van der Waals surface area contributed by atoms with E-state index in [1.54, 1.807) is 6.07 Å². The molecule has 4 N–H and O–H groups in total. The number of aromatic nitrogens is 3. The Hall–Kier alpha value is -1.95. The number of hydrogen-bond acceptors (Lipinski definition) is 6. The molecule has 2 aromatic heterocycles. The Bertz CT molecular complexity index is 531. The highest BCUT2D eigenvalue weighted by molar-refractivity contribution is 5.86. The molecule has 102 valence electrons. The lowest BCUT2D eigenvalue weighted by Gasteiger charge is -2.07. The fourth-order valence-corrected chi connectivity index (χ4v) is 1.90. The first kappa shape index (κ1) is 13.5. The van der Waals surface area contributed by atoms with E-state index < -0.39 is 0 Å². The van der Waals surface area contributed by atoms with Crippen molar-refractivity contribution in [2.45, 2.75) is 25.7 Å². The Labute approximate surface area is 112 Å². The molecule has 0 atom stereocenters. The molecule has 0 saturated heterocycles. The summed E-state index contributed by atoms with van der Waals surface area (Å²) in [7, 11) is 0. The molecule has 0 bridgehead atoms. The van der Waals surface area contributed by atoms with Crippen molar-refractivity contribution >= 4 is 22.7 Å². The number of hydrogen-bond donors (Lipinski definition) is 3. The van der Waals surface area contributed by atoms with Crippen molar-refractivity contribution in [1.29, 1.82) is 0 Å². The smallest absolute Gasteiger partial charge is 0.166 e. The first-order valence-electron chi connectivity index (χ1n) is 6.53. The number of unbranched alkanes of at least 4 members (excludes halogenated alkanes) is 3. The summed E-state index contributed by atoms with van der Waals surface area (Å²) in [6, 6.07) is 3.63. The van der Waals surface area contributed by atoms with Crippen LogP contribution in [0.4, 0.5) is 11.6 Å². The molecular weight excluding hydrogens is 242 g/mol. The Morgan fingerprint density at radius 2 is 1.95 bits per heavy atom. The van der Waals surface area contributed by atoms with E-state index in [1.807, 2.05) is 6.07 Å². The van der Waals surface area contributed by atoms with Crippen molar-refractivity contribution in [2.75, 3.05) is 24.2 Å². The van der Waals surface area contributed by atoms with Gasteiger partial charge in [0.25, 0.3) is 0 Å². The number of fused-ring (bicyclic) bond motifs is 1. The van der Waals surface area contributed by atoms with Crippen LogP contribution in [0.3, 0.4) is 0 Å². The summed E-state index contributed by atoms with van der Waals surface area (Å²) in [5, 5.41) is 12.9. The number of nitrogens with one attached hydrogen (secondary N) is 1. The lowest BCUT2D eigenvalue weighted by molar-refractivity contribution is 0.283. The highest BCUT2D eigenvalue weighted by Gasteiger charge is 2.04. The Kier molecular flexibility index (Phi) is 4.85. The van der Waals surface area contributed by atoms with Crippen molar-refractivity contribution < 1.29 is 5.11 Å². The molecule has 0 fully saturated rings. The van der Waals surface area contributed by atoms with Crippen LogP contribution in [0.5, 0.6) is 0 Å². The van der Waals surface area contributed by atoms with Crippen molar-refractivity contribution in [2.24, 2.45) is 0 Å². The zero-order valence-electron chi connectivity index (χ0n) is 10.8. The summed E-state index contributed by atoms with van der Waals surface area (Å²) in [5.74, 6) is 1.25. The maximum atomic E-state index is 8.69. The molecule has 19 heavy (non-hydrogen) atoms. The molecule has 2 heterocycles. The predicted octanol–water partition coefficient (Wildman–Crippen LogP) is 1.57. The number of nitrogens with two attached hydrogens (primary N) is 1. The van der Waals surface area contributed by atoms with Gasteiger partial charge in [0.05, 0.1) is 5.39 Å². The number of pyridine rings is 1. The van der Waals surface area contributed by atoms with Crippen molar-refractivity contribution in [1.82, 2.24) is 15.0 Å². The first-order valence-corrected chi connectivity index (χ1v) is 6.53.